The third-order valence-corrected chi connectivity index (χ3v) is 4.02. The zero-order valence-corrected chi connectivity index (χ0v) is 13.3. The van der Waals surface area contributed by atoms with E-state index in [2.05, 4.69) is 10.2 Å². The Bertz CT molecular complexity index is 628. The first kappa shape index (κ1) is 17.8. The number of carbonyl (C=O) groups excluding carboxylic acids is 1. The Morgan fingerprint density at radius 3 is 2.50 bits per heavy atom. The SMILES string of the molecule is CN1CCN(C(CC(=O)Nc2ccccc2[N+](=O)[O-])C(=O)O)CC1. The summed E-state index contributed by atoms with van der Waals surface area (Å²) in [6, 6.07) is 4.82. The number of amides is 1. The minimum atomic E-state index is -1.07. The van der Waals surface area contributed by atoms with Crippen molar-refractivity contribution in [1.82, 2.24) is 9.80 Å². The number of nitro groups is 1. The second-order valence-corrected chi connectivity index (χ2v) is 5.72. The van der Waals surface area contributed by atoms with Crippen LogP contribution in [0.4, 0.5) is 11.4 Å². The molecule has 1 fully saturated rings. The lowest BCUT2D eigenvalue weighted by atomic mass is 10.1. The van der Waals surface area contributed by atoms with Crippen LogP contribution in [0, 0.1) is 10.1 Å². The number of aliphatic carboxylic acids is 1. The smallest absolute Gasteiger partial charge is 0.321 e. The number of carbonyl (C=O) groups is 2. The number of nitrogens with zero attached hydrogens (tertiary/aromatic N) is 3. The van der Waals surface area contributed by atoms with Crippen molar-refractivity contribution in [2.75, 3.05) is 38.5 Å². The highest BCUT2D eigenvalue weighted by molar-refractivity contribution is 5.95. The number of para-hydroxylation sites is 2. The number of nitrogens with one attached hydrogen (secondary N) is 1. The highest BCUT2D eigenvalue weighted by Crippen LogP contribution is 2.23. The number of benzene rings is 1. The predicted octanol–water partition coefficient (Wildman–Crippen LogP) is 0.624. The number of carboxylic acid groups (broad SMARTS) is 1. The van der Waals surface area contributed by atoms with Crippen LogP contribution in [0.5, 0.6) is 0 Å². The maximum absolute atomic E-state index is 12.2. The molecule has 1 atom stereocenters. The Kier molecular flexibility index (Phi) is 5.83. The highest BCUT2D eigenvalue weighted by atomic mass is 16.6. The number of likely N-dealkylation sites (N-methyl/N-ethyl adjacent to an activating group) is 1. The number of anilines is 1. The van der Waals surface area contributed by atoms with Crippen molar-refractivity contribution in [3.8, 4) is 0 Å². The van der Waals surface area contributed by atoms with Crippen LogP contribution in [-0.2, 0) is 9.59 Å². The molecule has 0 bridgehead atoms. The fraction of sp³-hybridized carbons (Fsp3) is 0.467. The van der Waals surface area contributed by atoms with Crippen molar-refractivity contribution >= 4 is 23.3 Å². The molecule has 1 amide bonds. The Hall–Kier alpha value is -2.52. The van der Waals surface area contributed by atoms with Gasteiger partial charge in [0.15, 0.2) is 0 Å². The van der Waals surface area contributed by atoms with E-state index in [0.717, 1.165) is 13.1 Å². The molecule has 0 aliphatic carbocycles. The van der Waals surface area contributed by atoms with Gasteiger partial charge in [0.25, 0.3) is 5.69 Å². The van der Waals surface area contributed by atoms with Gasteiger partial charge in [0.2, 0.25) is 5.91 Å². The number of piperazine rings is 1. The summed E-state index contributed by atoms with van der Waals surface area (Å²) >= 11 is 0. The second kappa shape index (κ2) is 7.84. The predicted molar refractivity (Wildman–Crippen MR) is 86.8 cm³/mol. The van der Waals surface area contributed by atoms with Gasteiger partial charge in [0, 0.05) is 32.2 Å². The maximum atomic E-state index is 12.2. The van der Waals surface area contributed by atoms with E-state index in [0.29, 0.717) is 13.1 Å². The van der Waals surface area contributed by atoms with Crippen molar-refractivity contribution < 1.29 is 19.6 Å². The first-order chi connectivity index (χ1) is 11.4. The van der Waals surface area contributed by atoms with Gasteiger partial charge in [-0.25, -0.2) is 0 Å². The van der Waals surface area contributed by atoms with Crippen LogP contribution in [-0.4, -0.2) is 71.0 Å². The summed E-state index contributed by atoms with van der Waals surface area (Å²) in [5.41, 5.74) is -0.160. The lowest BCUT2D eigenvalue weighted by Crippen LogP contribution is -2.52. The molecule has 24 heavy (non-hydrogen) atoms. The Morgan fingerprint density at radius 2 is 1.92 bits per heavy atom. The molecule has 1 aliphatic rings. The van der Waals surface area contributed by atoms with Crippen LogP contribution in [0.1, 0.15) is 6.42 Å². The molecule has 2 rings (SSSR count). The van der Waals surface area contributed by atoms with Gasteiger partial charge in [-0.15, -0.1) is 0 Å². The van der Waals surface area contributed by atoms with Gasteiger partial charge in [-0.3, -0.25) is 24.6 Å². The molecule has 2 N–H and O–H groups in total. The van der Waals surface area contributed by atoms with Gasteiger partial charge in [-0.2, -0.15) is 0 Å². The lowest BCUT2D eigenvalue weighted by molar-refractivity contribution is -0.383. The van der Waals surface area contributed by atoms with Crippen molar-refractivity contribution in [2.24, 2.45) is 0 Å². The number of carboxylic acids is 1. The largest absolute Gasteiger partial charge is 0.480 e. The van der Waals surface area contributed by atoms with Crippen LogP contribution in [0.15, 0.2) is 24.3 Å². The van der Waals surface area contributed by atoms with Crippen LogP contribution in [0.25, 0.3) is 0 Å². The average Bonchev–Trinajstić information content (AvgIpc) is 2.53. The van der Waals surface area contributed by atoms with Crippen molar-refractivity contribution in [3.05, 3.63) is 34.4 Å². The highest BCUT2D eigenvalue weighted by Gasteiger charge is 2.30. The van der Waals surface area contributed by atoms with Gasteiger partial charge >= 0.3 is 5.97 Å². The molecule has 1 aromatic carbocycles. The number of hydrogen-bond donors (Lipinski definition) is 2. The molecule has 1 unspecified atom stereocenters. The molecule has 1 aliphatic heterocycles. The summed E-state index contributed by atoms with van der Waals surface area (Å²) in [4.78, 5) is 37.9. The molecule has 0 saturated carbocycles. The zero-order chi connectivity index (χ0) is 17.7. The topological polar surface area (TPSA) is 116 Å². The van der Waals surface area contributed by atoms with Crippen LogP contribution in [0.2, 0.25) is 0 Å². The van der Waals surface area contributed by atoms with Crippen LogP contribution < -0.4 is 5.32 Å². The molecule has 0 aromatic heterocycles. The standard InChI is InChI=1S/C15H20N4O5/c1-17-6-8-18(9-7-17)13(15(21)22)10-14(20)16-11-4-2-3-5-12(11)19(23)24/h2-5,13H,6-10H2,1H3,(H,16,20)(H,21,22). The van der Waals surface area contributed by atoms with Gasteiger partial charge in [0.05, 0.1) is 11.3 Å². The Balaban J connectivity index is 2.04. The molecular formula is C15H20N4O5. The number of rotatable bonds is 6. The van der Waals surface area contributed by atoms with Crippen molar-refractivity contribution in [3.63, 3.8) is 0 Å². The van der Waals surface area contributed by atoms with E-state index >= 15 is 0 Å². The summed E-state index contributed by atoms with van der Waals surface area (Å²) in [5, 5.41) is 22.8. The summed E-state index contributed by atoms with van der Waals surface area (Å²) in [7, 11) is 1.95. The summed E-state index contributed by atoms with van der Waals surface area (Å²) in [5.74, 6) is -1.63. The summed E-state index contributed by atoms with van der Waals surface area (Å²) in [6.07, 6.45) is -0.259. The Morgan fingerprint density at radius 1 is 1.29 bits per heavy atom. The van der Waals surface area contributed by atoms with Crippen molar-refractivity contribution in [1.29, 1.82) is 0 Å². The first-order valence-electron chi connectivity index (χ1n) is 7.57. The van der Waals surface area contributed by atoms with E-state index in [1.807, 2.05) is 7.05 Å². The van der Waals surface area contributed by atoms with E-state index in [1.54, 1.807) is 11.0 Å². The first-order valence-corrected chi connectivity index (χ1v) is 7.57. The monoisotopic (exact) mass is 336 g/mol. The minimum Gasteiger partial charge on any atom is -0.480 e. The van der Waals surface area contributed by atoms with Crippen molar-refractivity contribution in [2.45, 2.75) is 12.5 Å². The summed E-state index contributed by atoms with van der Waals surface area (Å²) < 4.78 is 0. The fourth-order valence-electron chi connectivity index (χ4n) is 2.62. The van der Waals surface area contributed by atoms with Gasteiger partial charge < -0.3 is 15.3 Å². The quantitative estimate of drug-likeness (QED) is 0.578. The van der Waals surface area contributed by atoms with Gasteiger partial charge in [0.1, 0.15) is 11.7 Å². The minimum absolute atomic E-state index is 0.0648. The number of nitro benzene ring substituents is 1. The molecular weight excluding hydrogens is 316 g/mol. The molecule has 1 aromatic rings. The van der Waals surface area contributed by atoms with E-state index in [4.69, 9.17) is 0 Å². The summed E-state index contributed by atoms with van der Waals surface area (Å²) in [6.45, 7) is 2.59. The third-order valence-electron chi connectivity index (χ3n) is 4.02. The molecule has 9 heteroatoms. The normalized spacial score (nSPS) is 17.2. The molecule has 1 saturated heterocycles. The second-order valence-electron chi connectivity index (χ2n) is 5.72. The third kappa shape index (κ3) is 4.49. The molecule has 9 nitrogen and oxygen atoms in total. The van der Waals surface area contributed by atoms with Crippen LogP contribution >= 0.6 is 0 Å². The average molecular weight is 336 g/mol. The number of hydrogen-bond acceptors (Lipinski definition) is 6. The van der Waals surface area contributed by atoms with E-state index in [9.17, 15) is 24.8 Å². The van der Waals surface area contributed by atoms with E-state index in [1.165, 1.54) is 18.2 Å². The van der Waals surface area contributed by atoms with Gasteiger partial charge in [-0.1, -0.05) is 12.1 Å². The van der Waals surface area contributed by atoms with E-state index in [-0.39, 0.29) is 17.8 Å². The molecule has 0 radical (unpaired) electrons. The van der Waals surface area contributed by atoms with E-state index < -0.39 is 22.8 Å². The molecule has 130 valence electrons. The zero-order valence-electron chi connectivity index (χ0n) is 13.3. The molecule has 0 spiro atoms. The maximum Gasteiger partial charge on any atom is 0.321 e. The fourth-order valence-corrected chi connectivity index (χ4v) is 2.62. The lowest BCUT2D eigenvalue weighted by Gasteiger charge is -2.35. The molecule has 1 heterocycles. The van der Waals surface area contributed by atoms with Gasteiger partial charge in [-0.05, 0) is 13.1 Å². The van der Waals surface area contributed by atoms with Crippen LogP contribution in [0.3, 0.4) is 0 Å². The Labute approximate surface area is 139 Å².